The number of hydrogen-bond acceptors (Lipinski definition) is 4. The van der Waals surface area contributed by atoms with Gasteiger partial charge in [0.15, 0.2) is 5.69 Å². The number of nitrogen functional groups attached to an aromatic ring is 1. The monoisotopic (exact) mass is 231 g/mol. The Hall–Kier alpha value is -2.37. The van der Waals surface area contributed by atoms with Crippen molar-refractivity contribution in [2.45, 2.75) is 13.0 Å². The van der Waals surface area contributed by atoms with E-state index >= 15 is 0 Å². The van der Waals surface area contributed by atoms with E-state index in [1.807, 2.05) is 25.1 Å². The number of nitrogens with one attached hydrogen (secondary N) is 2. The van der Waals surface area contributed by atoms with Crippen LogP contribution in [0, 0.1) is 0 Å². The van der Waals surface area contributed by atoms with Gasteiger partial charge in [0.1, 0.15) is 0 Å². The lowest BCUT2D eigenvalue weighted by atomic mass is 10.1. The number of H-pyrrole nitrogens is 1. The van der Waals surface area contributed by atoms with Crippen molar-refractivity contribution in [1.29, 1.82) is 0 Å². The van der Waals surface area contributed by atoms with E-state index in [2.05, 4.69) is 20.7 Å². The van der Waals surface area contributed by atoms with Gasteiger partial charge < -0.3 is 11.1 Å². The molecule has 1 atom stereocenters. The highest BCUT2D eigenvalue weighted by molar-refractivity contribution is 5.92. The summed E-state index contributed by atoms with van der Waals surface area (Å²) in [7, 11) is 0. The minimum Gasteiger partial charge on any atom is -0.399 e. The van der Waals surface area contributed by atoms with Gasteiger partial charge in [-0.05, 0) is 24.6 Å². The molecule has 1 aromatic carbocycles. The first-order chi connectivity index (χ1) is 8.16. The van der Waals surface area contributed by atoms with Crippen LogP contribution in [0.2, 0.25) is 0 Å². The second-order valence-electron chi connectivity index (χ2n) is 3.72. The van der Waals surface area contributed by atoms with Gasteiger partial charge in [0.2, 0.25) is 0 Å². The molecule has 88 valence electrons. The van der Waals surface area contributed by atoms with Crippen molar-refractivity contribution in [3.05, 3.63) is 41.7 Å². The second-order valence-corrected chi connectivity index (χ2v) is 3.72. The van der Waals surface area contributed by atoms with Crippen LogP contribution in [-0.2, 0) is 0 Å². The molecule has 0 aliphatic carbocycles. The zero-order chi connectivity index (χ0) is 12.3. The number of carbonyl (C=O) groups excluding carboxylic acids is 1. The number of anilines is 1. The van der Waals surface area contributed by atoms with Crippen LogP contribution in [0.1, 0.15) is 29.0 Å². The number of carbonyl (C=O) groups is 1. The number of rotatable bonds is 3. The molecule has 0 fully saturated rings. The third-order valence-corrected chi connectivity index (χ3v) is 2.41. The summed E-state index contributed by atoms with van der Waals surface area (Å²) in [5.41, 5.74) is 7.56. The molecule has 4 N–H and O–H groups in total. The Morgan fingerprint density at radius 2 is 2.35 bits per heavy atom. The van der Waals surface area contributed by atoms with E-state index in [1.54, 1.807) is 6.07 Å². The van der Waals surface area contributed by atoms with E-state index in [1.165, 1.54) is 6.20 Å². The highest BCUT2D eigenvalue weighted by atomic mass is 16.2. The zero-order valence-corrected chi connectivity index (χ0v) is 9.34. The first-order valence-electron chi connectivity index (χ1n) is 5.19. The Labute approximate surface area is 98.2 Å². The van der Waals surface area contributed by atoms with Crippen LogP contribution in [0.3, 0.4) is 0 Å². The van der Waals surface area contributed by atoms with E-state index in [0.29, 0.717) is 5.69 Å². The fourth-order valence-electron chi connectivity index (χ4n) is 1.49. The summed E-state index contributed by atoms with van der Waals surface area (Å²) in [6.07, 6.45) is 1.38. The molecule has 6 nitrogen and oxygen atoms in total. The van der Waals surface area contributed by atoms with E-state index < -0.39 is 0 Å². The van der Waals surface area contributed by atoms with Gasteiger partial charge >= 0.3 is 0 Å². The third kappa shape index (κ3) is 2.60. The van der Waals surface area contributed by atoms with Gasteiger partial charge in [-0.3, -0.25) is 4.79 Å². The van der Waals surface area contributed by atoms with Crippen LogP contribution in [0.15, 0.2) is 30.5 Å². The number of amides is 1. The van der Waals surface area contributed by atoms with E-state index in [-0.39, 0.29) is 17.6 Å². The van der Waals surface area contributed by atoms with Crippen molar-refractivity contribution >= 4 is 11.6 Å². The molecule has 0 spiro atoms. The Balaban J connectivity index is 2.07. The summed E-state index contributed by atoms with van der Waals surface area (Å²) in [6, 6.07) is 7.25. The molecule has 1 heterocycles. The van der Waals surface area contributed by atoms with Crippen LogP contribution in [0.25, 0.3) is 0 Å². The summed E-state index contributed by atoms with van der Waals surface area (Å²) in [5.74, 6) is -0.270. The molecule has 1 unspecified atom stereocenters. The molecule has 6 heteroatoms. The van der Waals surface area contributed by atoms with Gasteiger partial charge in [-0.15, -0.1) is 0 Å². The fourth-order valence-corrected chi connectivity index (χ4v) is 1.49. The quantitative estimate of drug-likeness (QED) is 0.683. The number of nitrogens with two attached hydrogens (primary N) is 1. The smallest absolute Gasteiger partial charge is 0.273 e. The van der Waals surface area contributed by atoms with Crippen molar-refractivity contribution in [2.24, 2.45) is 0 Å². The predicted molar refractivity (Wildman–Crippen MR) is 63.1 cm³/mol. The molecule has 0 bridgehead atoms. The molecule has 2 rings (SSSR count). The lowest BCUT2D eigenvalue weighted by Gasteiger charge is -2.13. The molecule has 0 radical (unpaired) electrons. The number of hydrogen-bond donors (Lipinski definition) is 3. The topological polar surface area (TPSA) is 96.7 Å². The minimum atomic E-state index is -0.270. The maximum absolute atomic E-state index is 11.7. The molecule has 2 aromatic rings. The van der Waals surface area contributed by atoms with Gasteiger partial charge in [0.05, 0.1) is 12.2 Å². The molecule has 0 saturated carbocycles. The van der Waals surface area contributed by atoms with Gasteiger partial charge in [-0.1, -0.05) is 12.1 Å². The van der Waals surface area contributed by atoms with Gasteiger partial charge in [0.25, 0.3) is 5.91 Å². The van der Waals surface area contributed by atoms with E-state index in [0.717, 1.165) is 5.56 Å². The third-order valence-electron chi connectivity index (χ3n) is 2.41. The Morgan fingerprint density at radius 1 is 1.53 bits per heavy atom. The molecular formula is C11H13N5O. The van der Waals surface area contributed by atoms with Crippen LogP contribution >= 0.6 is 0 Å². The Morgan fingerprint density at radius 3 is 3.00 bits per heavy atom. The average molecular weight is 231 g/mol. The van der Waals surface area contributed by atoms with Crippen molar-refractivity contribution in [3.63, 3.8) is 0 Å². The van der Waals surface area contributed by atoms with Crippen LogP contribution in [0.4, 0.5) is 5.69 Å². The van der Waals surface area contributed by atoms with Crippen molar-refractivity contribution in [3.8, 4) is 0 Å². The standard InChI is InChI=1S/C11H13N5O/c1-7(8-3-2-4-9(12)5-8)14-11(17)10-6-13-16-15-10/h2-7H,12H2,1H3,(H,14,17)(H,13,15,16). The second kappa shape index (κ2) is 4.65. The lowest BCUT2D eigenvalue weighted by molar-refractivity contribution is 0.0935. The maximum atomic E-state index is 11.7. The van der Waals surface area contributed by atoms with Crippen molar-refractivity contribution in [1.82, 2.24) is 20.7 Å². The predicted octanol–water partition coefficient (Wildman–Crippen LogP) is 0.878. The first kappa shape index (κ1) is 11.1. The van der Waals surface area contributed by atoms with Gasteiger partial charge in [-0.25, -0.2) is 0 Å². The zero-order valence-electron chi connectivity index (χ0n) is 9.34. The van der Waals surface area contributed by atoms with Gasteiger partial charge in [0, 0.05) is 5.69 Å². The average Bonchev–Trinajstić information content (AvgIpc) is 2.82. The maximum Gasteiger partial charge on any atom is 0.273 e. The molecule has 0 aliphatic heterocycles. The molecule has 0 aliphatic rings. The summed E-state index contributed by atoms with van der Waals surface area (Å²) < 4.78 is 0. The van der Waals surface area contributed by atoms with Gasteiger partial charge in [-0.2, -0.15) is 15.4 Å². The summed E-state index contributed by atoms with van der Waals surface area (Å²) in [4.78, 5) is 11.7. The highest BCUT2D eigenvalue weighted by Crippen LogP contribution is 2.15. The fraction of sp³-hybridized carbons (Fsp3) is 0.182. The van der Waals surface area contributed by atoms with Crippen LogP contribution in [0.5, 0.6) is 0 Å². The summed E-state index contributed by atoms with van der Waals surface area (Å²) >= 11 is 0. The number of nitrogens with zero attached hydrogens (tertiary/aromatic N) is 2. The van der Waals surface area contributed by atoms with E-state index in [9.17, 15) is 4.79 Å². The Bertz CT molecular complexity index is 508. The highest BCUT2D eigenvalue weighted by Gasteiger charge is 2.13. The van der Waals surface area contributed by atoms with Crippen molar-refractivity contribution in [2.75, 3.05) is 5.73 Å². The van der Waals surface area contributed by atoms with Crippen LogP contribution in [-0.4, -0.2) is 21.3 Å². The largest absolute Gasteiger partial charge is 0.399 e. The Kier molecular flexibility index (Phi) is 3.04. The lowest BCUT2D eigenvalue weighted by Crippen LogP contribution is -2.27. The first-order valence-corrected chi connectivity index (χ1v) is 5.19. The molecular weight excluding hydrogens is 218 g/mol. The number of aromatic amines is 1. The normalized spacial score (nSPS) is 12.1. The molecule has 1 amide bonds. The molecule has 0 saturated heterocycles. The number of benzene rings is 1. The van der Waals surface area contributed by atoms with Crippen molar-refractivity contribution < 1.29 is 4.79 Å². The van der Waals surface area contributed by atoms with E-state index in [4.69, 9.17) is 5.73 Å². The SMILES string of the molecule is CC(NC(=O)c1cn[nH]n1)c1cccc(N)c1. The molecule has 17 heavy (non-hydrogen) atoms. The minimum absolute atomic E-state index is 0.136. The summed E-state index contributed by atoms with van der Waals surface area (Å²) in [6.45, 7) is 1.88. The molecule has 1 aromatic heterocycles. The number of aromatic nitrogens is 3. The van der Waals surface area contributed by atoms with Crippen LogP contribution < -0.4 is 11.1 Å². The summed E-state index contributed by atoms with van der Waals surface area (Å²) in [5, 5.41) is 12.5.